The van der Waals surface area contributed by atoms with E-state index < -0.39 is 33.4 Å². The molecule has 2 heterocycles. The smallest absolute Gasteiger partial charge is 0.265 e. The fourth-order valence-corrected chi connectivity index (χ4v) is 5.35. The SMILES string of the molecule is CCS(=O)(=O)Nc1cc(Cl)cc(NC(=O)c2cc(-c3ncc(F)cc3OCc3cc(F)cc(F)c3)c(C)s2)c1. The van der Waals surface area contributed by atoms with E-state index in [2.05, 4.69) is 15.0 Å². The Bertz CT molecular complexity index is 1640. The molecule has 7 nitrogen and oxygen atoms in total. The Morgan fingerprint density at radius 2 is 1.69 bits per heavy atom. The molecule has 0 aliphatic carbocycles. The van der Waals surface area contributed by atoms with Crippen LogP contribution in [-0.4, -0.2) is 25.1 Å². The number of pyridine rings is 1. The van der Waals surface area contributed by atoms with Gasteiger partial charge in [0.2, 0.25) is 10.0 Å². The fourth-order valence-electron chi connectivity index (χ4n) is 3.58. The van der Waals surface area contributed by atoms with Crippen molar-refractivity contribution in [1.29, 1.82) is 0 Å². The maximum absolute atomic E-state index is 14.0. The Morgan fingerprint density at radius 1 is 1.00 bits per heavy atom. The van der Waals surface area contributed by atoms with Gasteiger partial charge in [-0.1, -0.05) is 11.6 Å². The molecule has 0 saturated carbocycles. The maximum atomic E-state index is 14.0. The lowest BCUT2D eigenvalue weighted by Crippen LogP contribution is -2.15. The molecule has 0 spiro atoms. The van der Waals surface area contributed by atoms with Crippen LogP contribution in [0, 0.1) is 24.4 Å². The molecule has 2 N–H and O–H groups in total. The van der Waals surface area contributed by atoms with Crippen molar-refractivity contribution < 1.29 is 31.1 Å². The Labute approximate surface area is 231 Å². The summed E-state index contributed by atoms with van der Waals surface area (Å²) < 4.78 is 72.9. The van der Waals surface area contributed by atoms with E-state index >= 15 is 0 Å². The second-order valence-electron chi connectivity index (χ2n) is 8.34. The summed E-state index contributed by atoms with van der Waals surface area (Å²) in [6.45, 7) is 2.98. The van der Waals surface area contributed by atoms with Gasteiger partial charge in [-0.15, -0.1) is 11.3 Å². The molecule has 13 heteroatoms. The quantitative estimate of drug-likeness (QED) is 0.222. The molecule has 2 aromatic carbocycles. The lowest BCUT2D eigenvalue weighted by Gasteiger charge is -2.11. The minimum atomic E-state index is -3.56. The summed E-state index contributed by atoms with van der Waals surface area (Å²) in [6, 6.07) is 9.89. The van der Waals surface area contributed by atoms with Crippen LogP contribution in [0.25, 0.3) is 11.3 Å². The molecular weight excluding hydrogens is 575 g/mol. The molecular formula is C26H21ClF3N3O4S2. The van der Waals surface area contributed by atoms with Gasteiger partial charge in [0, 0.05) is 33.3 Å². The topological polar surface area (TPSA) is 97.4 Å². The number of nitrogens with one attached hydrogen (secondary N) is 2. The van der Waals surface area contributed by atoms with Crippen molar-refractivity contribution in [3.05, 3.63) is 92.5 Å². The van der Waals surface area contributed by atoms with Crippen LogP contribution in [0.5, 0.6) is 5.75 Å². The van der Waals surface area contributed by atoms with Gasteiger partial charge in [0.1, 0.15) is 35.5 Å². The van der Waals surface area contributed by atoms with E-state index in [1.165, 1.54) is 25.1 Å². The van der Waals surface area contributed by atoms with Crippen molar-refractivity contribution >= 4 is 50.2 Å². The Balaban J connectivity index is 1.58. The number of thiophene rings is 1. The number of hydrogen-bond donors (Lipinski definition) is 2. The van der Waals surface area contributed by atoms with Crippen LogP contribution in [0.3, 0.4) is 0 Å². The number of aryl methyl sites for hydroxylation is 1. The van der Waals surface area contributed by atoms with Crippen LogP contribution < -0.4 is 14.8 Å². The average Bonchev–Trinajstić information content (AvgIpc) is 3.23. The van der Waals surface area contributed by atoms with E-state index in [4.69, 9.17) is 16.3 Å². The molecule has 0 fully saturated rings. The van der Waals surface area contributed by atoms with Crippen LogP contribution in [0.1, 0.15) is 27.0 Å². The maximum Gasteiger partial charge on any atom is 0.265 e. The molecule has 0 aliphatic rings. The van der Waals surface area contributed by atoms with E-state index in [1.807, 2.05) is 0 Å². The van der Waals surface area contributed by atoms with Crippen molar-refractivity contribution in [3.8, 4) is 17.0 Å². The predicted octanol–water partition coefficient (Wildman–Crippen LogP) is 6.78. The molecule has 4 rings (SSSR count). The first-order valence-electron chi connectivity index (χ1n) is 11.4. The van der Waals surface area contributed by atoms with E-state index in [0.29, 0.717) is 10.4 Å². The number of sulfonamides is 1. The van der Waals surface area contributed by atoms with E-state index in [-0.39, 0.29) is 50.6 Å². The number of aromatic nitrogens is 1. The normalized spacial score (nSPS) is 11.3. The highest BCUT2D eigenvalue weighted by Crippen LogP contribution is 2.36. The number of benzene rings is 2. The largest absolute Gasteiger partial charge is 0.487 e. The number of hydrogen-bond acceptors (Lipinski definition) is 6. The third-order valence-electron chi connectivity index (χ3n) is 5.34. The van der Waals surface area contributed by atoms with Gasteiger partial charge < -0.3 is 10.1 Å². The summed E-state index contributed by atoms with van der Waals surface area (Å²) >= 11 is 7.25. The zero-order valence-corrected chi connectivity index (χ0v) is 22.9. The van der Waals surface area contributed by atoms with Crippen LogP contribution >= 0.6 is 22.9 Å². The molecule has 39 heavy (non-hydrogen) atoms. The summed E-state index contributed by atoms with van der Waals surface area (Å²) in [5.41, 5.74) is 1.39. The van der Waals surface area contributed by atoms with E-state index in [0.717, 1.165) is 41.8 Å². The molecule has 0 atom stereocenters. The van der Waals surface area contributed by atoms with Gasteiger partial charge >= 0.3 is 0 Å². The van der Waals surface area contributed by atoms with Crippen molar-refractivity contribution in [2.45, 2.75) is 20.5 Å². The van der Waals surface area contributed by atoms with Gasteiger partial charge in [0.25, 0.3) is 5.91 Å². The second-order valence-corrected chi connectivity index (χ2v) is 12.0. The number of halogens is 4. The van der Waals surface area contributed by atoms with Gasteiger partial charge in [0.15, 0.2) is 0 Å². The first kappa shape index (κ1) is 28.4. The number of rotatable bonds is 9. The van der Waals surface area contributed by atoms with Crippen molar-refractivity contribution in [1.82, 2.24) is 4.98 Å². The molecule has 0 aliphatic heterocycles. The van der Waals surface area contributed by atoms with Crippen molar-refractivity contribution in [2.24, 2.45) is 0 Å². The minimum Gasteiger partial charge on any atom is -0.487 e. The molecule has 1 amide bonds. The zero-order valence-electron chi connectivity index (χ0n) is 20.5. The summed E-state index contributed by atoms with van der Waals surface area (Å²) in [7, 11) is -3.56. The molecule has 0 saturated heterocycles. The monoisotopic (exact) mass is 595 g/mol. The van der Waals surface area contributed by atoms with E-state index in [1.54, 1.807) is 13.0 Å². The molecule has 0 unspecified atom stereocenters. The molecule has 2 aromatic heterocycles. The van der Waals surface area contributed by atoms with Gasteiger partial charge in [-0.25, -0.2) is 26.6 Å². The second kappa shape index (κ2) is 11.6. The van der Waals surface area contributed by atoms with Crippen LogP contribution in [-0.2, 0) is 16.6 Å². The van der Waals surface area contributed by atoms with Crippen LogP contribution in [0.15, 0.2) is 54.7 Å². The predicted molar refractivity (Wildman–Crippen MR) is 145 cm³/mol. The number of amides is 1. The first-order valence-corrected chi connectivity index (χ1v) is 14.2. The number of carbonyl (C=O) groups is 1. The summed E-state index contributed by atoms with van der Waals surface area (Å²) in [5.74, 6) is -2.84. The third-order valence-corrected chi connectivity index (χ3v) is 7.92. The number of nitrogens with zero attached hydrogens (tertiary/aromatic N) is 1. The summed E-state index contributed by atoms with van der Waals surface area (Å²) in [6.07, 6.45) is 0.992. The van der Waals surface area contributed by atoms with Gasteiger partial charge in [-0.05, 0) is 55.8 Å². The summed E-state index contributed by atoms with van der Waals surface area (Å²) in [5, 5.41) is 2.89. The van der Waals surface area contributed by atoms with Gasteiger partial charge in [-0.3, -0.25) is 9.52 Å². The number of anilines is 2. The Hall–Kier alpha value is -3.61. The van der Waals surface area contributed by atoms with Crippen LogP contribution in [0.4, 0.5) is 24.5 Å². The molecule has 204 valence electrons. The standard InChI is InChI=1S/C26H21ClF3N3O4S2/c1-3-39(35,36)33-21-7-16(27)6-20(10-21)32-26(34)24-11-22(14(2)38-24)25-23(9-19(30)12-31-25)37-13-15-4-17(28)8-18(29)5-15/h4-12,33H,3,13H2,1-2H3,(H,32,34). The average molecular weight is 596 g/mol. The van der Waals surface area contributed by atoms with E-state index in [9.17, 15) is 26.4 Å². The van der Waals surface area contributed by atoms with Gasteiger partial charge in [-0.2, -0.15) is 0 Å². The van der Waals surface area contributed by atoms with Gasteiger partial charge in [0.05, 0.1) is 22.5 Å². The molecule has 4 aromatic rings. The minimum absolute atomic E-state index is 0.0234. The highest BCUT2D eigenvalue weighted by atomic mass is 35.5. The number of ether oxygens (including phenoxy) is 1. The van der Waals surface area contributed by atoms with Crippen molar-refractivity contribution in [2.75, 3.05) is 15.8 Å². The number of carbonyl (C=O) groups excluding carboxylic acids is 1. The molecule has 0 bridgehead atoms. The zero-order chi connectivity index (χ0) is 28.3. The lowest BCUT2D eigenvalue weighted by molar-refractivity contribution is 0.103. The molecule has 0 radical (unpaired) electrons. The van der Waals surface area contributed by atoms with Crippen LogP contribution in [0.2, 0.25) is 5.02 Å². The third kappa shape index (κ3) is 7.28. The first-order chi connectivity index (χ1) is 18.4. The Morgan fingerprint density at radius 3 is 2.38 bits per heavy atom. The Kier molecular flexibility index (Phi) is 8.48. The van der Waals surface area contributed by atoms with Crippen molar-refractivity contribution in [3.63, 3.8) is 0 Å². The fraction of sp³-hybridized carbons (Fsp3) is 0.154. The highest BCUT2D eigenvalue weighted by molar-refractivity contribution is 7.92. The highest BCUT2D eigenvalue weighted by Gasteiger charge is 2.19. The summed E-state index contributed by atoms with van der Waals surface area (Å²) in [4.78, 5) is 18.1. The lowest BCUT2D eigenvalue weighted by atomic mass is 10.1.